The smallest absolute Gasteiger partial charge is 0.104 e. The molecular formula is C15H29N3. The summed E-state index contributed by atoms with van der Waals surface area (Å²) in [5, 5.41) is 12.7. The Balaban J connectivity index is 2.33. The average molecular weight is 251 g/mol. The Hall–Kier alpha value is -0.590. The van der Waals surface area contributed by atoms with Crippen LogP contribution in [0, 0.1) is 11.3 Å². The van der Waals surface area contributed by atoms with Gasteiger partial charge in [0.15, 0.2) is 0 Å². The number of piperidine rings is 1. The van der Waals surface area contributed by atoms with Gasteiger partial charge in [-0.3, -0.25) is 5.32 Å². The van der Waals surface area contributed by atoms with Crippen molar-refractivity contribution >= 4 is 0 Å². The Morgan fingerprint density at radius 3 is 2.72 bits per heavy atom. The fourth-order valence-electron chi connectivity index (χ4n) is 2.92. The molecule has 0 aromatic heterocycles. The summed E-state index contributed by atoms with van der Waals surface area (Å²) in [7, 11) is 0. The highest BCUT2D eigenvalue weighted by atomic mass is 15.2. The maximum atomic E-state index is 9.30. The van der Waals surface area contributed by atoms with Crippen LogP contribution >= 0.6 is 0 Å². The van der Waals surface area contributed by atoms with Gasteiger partial charge in [0, 0.05) is 12.1 Å². The van der Waals surface area contributed by atoms with Crippen molar-refractivity contribution in [3.63, 3.8) is 0 Å². The van der Waals surface area contributed by atoms with Crippen molar-refractivity contribution in [2.45, 2.75) is 77.4 Å². The molecule has 1 aliphatic heterocycles. The quantitative estimate of drug-likeness (QED) is 0.789. The summed E-state index contributed by atoms with van der Waals surface area (Å²) >= 11 is 0. The molecule has 1 heterocycles. The van der Waals surface area contributed by atoms with E-state index < -0.39 is 0 Å². The van der Waals surface area contributed by atoms with E-state index in [1.165, 1.54) is 25.8 Å². The van der Waals surface area contributed by atoms with E-state index in [2.05, 4.69) is 37.1 Å². The molecule has 18 heavy (non-hydrogen) atoms. The third kappa shape index (κ3) is 4.96. The molecule has 2 atom stereocenters. The van der Waals surface area contributed by atoms with Crippen LogP contribution in [0.25, 0.3) is 0 Å². The van der Waals surface area contributed by atoms with E-state index in [0.717, 1.165) is 25.4 Å². The Kier molecular flexibility index (Phi) is 6.11. The van der Waals surface area contributed by atoms with E-state index in [9.17, 15) is 5.26 Å². The first-order chi connectivity index (χ1) is 8.47. The lowest BCUT2D eigenvalue weighted by atomic mass is 9.95. The summed E-state index contributed by atoms with van der Waals surface area (Å²) < 4.78 is 0. The van der Waals surface area contributed by atoms with E-state index in [1.54, 1.807) is 0 Å². The van der Waals surface area contributed by atoms with Crippen LogP contribution < -0.4 is 5.32 Å². The Morgan fingerprint density at radius 2 is 2.17 bits per heavy atom. The molecule has 3 heteroatoms. The molecule has 1 aliphatic rings. The number of hydrogen-bond acceptors (Lipinski definition) is 3. The van der Waals surface area contributed by atoms with Gasteiger partial charge < -0.3 is 4.90 Å². The molecule has 1 rings (SSSR count). The predicted octanol–water partition coefficient (Wildman–Crippen LogP) is 2.92. The first-order valence-electron chi connectivity index (χ1n) is 7.40. The van der Waals surface area contributed by atoms with Crippen LogP contribution in [0.2, 0.25) is 0 Å². The Labute approximate surface area is 113 Å². The van der Waals surface area contributed by atoms with Gasteiger partial charge in [-0.25, -0.2) is 0 Å². The van der Waals surface area contributed by atoms with E-state index >= 15 is 0 Å². The van der Waals surface area contributed by atoms with Gasteiger partial charge in [-0.05, 0) is 66.5 Å². The lowest BCUT2D eigenvalue weighted by molar-refractivity contribution is 0.154. The summed E-state index contributed by atoms with van der Waals surface area (Å²) in [6.45, 7) is 10.9. The fourth-order valence-corrected chi connectivity index (χ4v) is 2.92. The fraction of sp³-hybridized carbons (Fsp3) is 0.933. The normalized spacial score (nSPS) is 24.8. The van der Waals surface area contributed by atoms with Gasteiger partial charge in [0.05, 0.1) is 6.07 Å². The van der Waals surface area contributed by atoms with Crippen molar-refractivity contribution in [2.75, 3.05) is 13.1 Å². The second-order valence-corrected chi connectivity index (χ2v) is 6.23. The molecule has 0 spiro atoms. The summed E-state index contributed by atoms with van der Waals surface area (Å²) in [5.41, 5.74) is -0.368. The Bertz CT molecular complexity index is 282. The lowest BCUT2D eigenvalue weighted by Crippen LogP contribution is -2.46. The molecule has 3 nitrogen and oxygen atoms in total. The number of nitrogens with one attached hydrogen (secondary N) is 1. The van der Waals surface area contributed by atoms with Gasteiger partial charge in [0.2, 0.25) is 0 Å². The topological polar surface area (TPSA) is 39.1 Å². The zero-order chi connectivity index (χ0) is 13.6. The van der Waals surface area contributed by atoms with Crippen molar-refractivity contribution in [1.29, 1.82) is 5.26 Å². The minimum absolute atomic E-state index is 0.364. The highest BCUT2D eigenvalue weighted by Gasteiger charge is 2.25. The first kappa shape index (κ1) is 15.5. The molecular weight excluding hydrogens is 222 g/mol. The van der Waals surface area contributed by atoms with E-state index in [0.29, 0.717) is 6.04 Å². The van der Waals surface area contributed by atoms with Gasteiger partial charge in [0.1, 0.15) is 5.54 Å². The molecule has 1 N–H and O–H groups in total. The maximum absolute atomic E-state index is 9.30. The first-order valence-corrected chi connectivity index (χ1v) is 7.40. The van der Waals surface area contributed by atoms with E-state index in [4.69, 9.17) is 0 Å². The average Bonchev–Trinajstić information content (AvgIpc) is 2.31. The highest BCUT2D eigenvalue weighted by Crippen LogP contribution is 2.19. The monoisotopic (exact) mass is 251 g/mol. The third-order valence-corrected chi connectivity index (χ3v) is 3.92. The van der Waals surface area contributed by atoms with E-state index in [-0.39, 0.29) is 5.54 Å². The molecule has 0 aliphatic carbocycles. The van der Waals surface area contributed by atoms with Crippen LogP contribution in [0.1, 0.15) is 59.8 Å². The third-order valence-electron chi connectivity index (χ3n) is 3.92. The molecule has 0 bridgehead atoms. The molecule has 0 aromatic carbocycles. The number of likely N-dealkylation sites (tertiary alicyclic amines) is 1. The van der Waals surface area contributed by atoms with Crippen molar-refractivity contribution < 1.29 is 0 Å². The van der Waals surface area contributed by atoms with Crippen LogP contribution in [0.15, 0.2) is 0 Å². The van der Waals surface area contributed by atoms with Crippen LogP contribution in [-0.2, 0) is 0 Å². The van der Waals surface area contributed by atoms with Gasteiger partial charge in [-0.1, -0.05) is 6.42 Å². The summed E-state index contributed by atoms with van der Waals surface area (Å²) in [4.78, 5) is 2.58. The number of nitrogens with zero attached hydrogens (tertiary/aromatic N) is 2. The largest absolute Gasteiger partial charge is 0.301 e. The summed E-state index contributed by atoms with van der Waals surface area (Å²) in [6, 6.07) is 3.52. The summed E-state index contributed by atoms with van der Waals surface area (Å²) in [5.74, 6) is 0. The van der Waals surface area contributed by atoms with Crippen LogP contribution in [0.3, 0.4) is 0 Å². The number of nitriles is 1. The SMILES string of the molecule is CC(C)NC(C)(C#N)CCCN1CCCCC1C. The van der Waals surface area contributed by atoms with Gasteiger partial charge in [-0.2, -0.15) is 5.26 Å². The van der Waals surface area contributed by atoms with Gasteiger partial charge in [-0.15, -0.1) is 0 Å². The molecule has 0 radical (unpaired) electrons. The van der Waals surface area contributed by atoms with Crippen molar-refractivity contribution in [2.24, 2.45) is 0 Å². The Morgan fingerprint density at radius 1 is 1.44 bits per heavy atom. The van der Waals surface area contributed by atoms with Gasteiger partial charge >= 0.3 is 0 Å². The van der Waals surface area contributed by atoms with Crippen molar-refractivity contribution in [1.82, 2.24) is 10.2 Å². The second kappa shape index (κ2) is 7.11. The van der Waals surface area contributed by atoms with Crippen LogP contribution in [0.4, 0.5) is 0 Å². The lowest BCUT2D eigenvalue weighted by Gasteiger charge is -2.34. The number of hydrogen-bond donors (Lipinski definition) is 1. The van der Waals surface area contributed by atoms with E-state index in [1.807, 2.05) is 6.92 Å². The minimum atomic E-state index is -0.368. The van der Waals surface area contributed by atoms with Crippen LogP contribution in [-0.4, -0.2) is 35.6 Å². The zero-order valence-electron chi connectivity index (χ0n) is 12.5. The maximum Gasteiger partial charge on any atom is 0.104 e. The molecule has 0 aromatic rings. The van der Waals surface area contributed by atoms with Crippen molar-refractivity contribution in [3.05, 3.63) is 0 Å². The molecule has 0 amide bonds. The molecule has 0 saturated carbocycles. The molecule has 1 saturated heterocycles. The van der Waals surface area contributed by atoms with Crippen molar-refractivity contribution in [3.8, 4) is 6.07 Å². The predicted molar refractivity (Wildman–Crippen MR) is 76.4 cm³/mol. The zero-order valence-corrected chi connectivity index (χ0v) is 12.5. The summed E-state index contributed by atoms with van der Waals surface area (Å²) in [6.07, 6.45) is 6.09. The van der Waals surface area contributed by atoms with Gasteiger partial charge in [0.25, 0.3) is 0 Å². The van der Waals surface area contributed by atoms with Crippen LogP contribution in [0.5, 0.6) is 0 Å². The highest BCUT2D eigenvalue weighted by molar-refractivity contribution is 5.04. The number of rotatable bonds is 6. The molecule has 104 valence electrons. The molecule has 1 fully saturated rings. The minimum Gasteiger partial charge on any atom is -0.301 e. The molecule has 2 unspecified atom stereocenters. The standard InChI is InChI=1S/C15H29N3/c1-13(2)17-15(4,12-16)9-7-11-18-10-6-5-8-14(18)3/h13-14,17H,5-11H2,1-4H3. The second-order valence-electron chi connectivity index (χ2n) is 6.23.